The molecule has 1 rings (SSSR count). The predicted molar refractivity (Wildman–Crippen MR) is 91.3 cm³/mol. The summed E-state index contributed by atoms with van der Waals surface area (Å²) in [6.07, 6.45) is -0.784. The summed E-state index contributed by atoms with van der Waals surface area (Å²) >= 11 is 0. The van der Waals surface area contributed by atoms with Crippen LogP contribution in [0, 0.1) is 0 Å². The number of hydrogen-bond donors (Lipinski definition) is 5. The maximum absolute atomic E-state index is 11.5. The van der Waals surface area contributed by atoms with E-state index in [1.807, 2.05) is 6.07 Å². The molecule has 0 aromatic heterocycles. The molecule has 146 valence electrons. The average Bonchev–Trinajstić information content (AvgIpc) is 2.66. The van der Waals surface area contributed by atoms with Gasteiger partial charge in [-0.15, -0.1) is 0 Å². The van der Waals surface area contributed by atoms with Crippen LogP contribution in [0.1, 0.15) is 5.56 Å². The highest BCUT2D eigenvalue weighted by molar-refractivity contribution is 5.90. The number of carboxylic acids is 1. The van der Waals surface area contributed by atoms with Crippen LogP contribution in [0.25, 0.3) is 0 Å². The van der Waals surface area contributed by atoms with Gasteiger partial charge in [-0.2, -0.15) is 0 Å². The topological polar surface area (TPSA) is 163 Å². The van der Waals surface area contributed by atoms with Crippen molar-refractivity contribution in [3.8, 4) is 0 Å². The number of benzene rings is 1. The zero-order valence-electron chi connectivity index (χ0n) is 14.3. The highest BCUT2D eigenvalue weighted by Gasteiger charge is 2.10. The average molecular weight is 380 g/mol. The molecule has 5 N–H and O–H groups in total. The van der Waals surface area contributed by atoms with Gasteiger partial charge in [-0.1, -0.05) is 30.3 Å². The van der Waals surface area contributed by atoms with Crippen LogP contribution in [0.2, 0.25) is 0 Å². The third-order valence-electron chi connectivity index (χ3n) is 2.94. The Kier molecular flexibility index (Phi) is 9.39. The second kappa shape index (κ2) is 11.8. The highest BCUT2D eigenvalue weighted by atomic mass is 16.5. The number of carboxylic acid groups (broad SMARTS) is 1. The minimum Gasteiger partial charge on any atom is -0.480 e. The molecule has 0 heterocycles. The predicted octanol–water partition coefficient (Wildman–Crippen LogP) is -1.65. The Morgan fingerprint density at radius 2 is 1.22 bits per heavy atom. The maximum Gasteiger partial charge on any atom is 0.407 e. The van der Waals surface area contributed by atoms with Crippen LogP contribution in [0.15, 0.2) is 30.3 Å². The Hall–Kier alpha value is -3.63. The number of amides is 4. The number of hydrogen-bond acceptors (Lipinski definition) is 6. The Balaban J connectivity index is 2.12. The van der Waals surface area contributed by atoms with Crippen molar-refractivity contribution in [1.29, 1.82) is 0 Å². The lowest BCUT2D eigenvalue weighted by Gasteiger charge is -2.08. The van der Waals surface area contributed by atoms with Gasteiger partial charge in [0.15, 0.2) is 0 Å². The molecule has 4 amide bonds. The normalized spacial score (nSPS) is 9.63. The SMILES string of the molecule is O=C(O)CNC(=O)CNC(=O)CNC(=O)CNC(=O)OCc1ccccc1. The number of carbonyl (C=O) groups is 5. The fraction of sp³-hybridized carbons (Fsp3) is 0.312. The molecule has 1 aromatic carbocycles. The van der Waals surface area contributed by atoms with E-state index in [4.69, 9.17) is 9.84 Å². The van der Waals surface area contributed by atoms with Crippen LogP contribution < -0.4 is 21.3 Å². The summed E-state index contributed by atoms with van der Waals surface area (Å²) < 4.78 is 4.91. The molecule has 0 aliphatic carbocycles. The third kappa shape index (κ3) is 10.8. The molecular weight excluding hydrogens is 360 g/mol. The molecule has 0 saturated heterocycles. The first-order valence-electron chi connectivity index (χ1n) is 7.83. The molecule has 0 unspecified atom stereocenters. The smallest absolute Gasteiger partial charge is 0.407 e. The molecular formula is C16H20N4O7. The summed E-state index contributed by atoms with van der Waals surface area (Å²) in [5, 5.41) is 17.1. The summed E-state index contributed by atoms with van der Waals surface area (Å²) in [6.45, 7) is -1.73. The van der Waals surface area contributed by atoms with Gasteiger partial charge < -0.3 is 31.1 Å². The van der Waals surface area contributed by atoms with E-state index in [1.165, 1.54) is 0 Å². The Labute approximate surface area is 154 Å². The van der Waals surface area contributed by atoms with Gasteiger partial charge in [0.05, 0.1) is 13.1 Å². The highest BCUT2D eigenvalue weighted by Crippen LogP contribution is 2.00. The second-order valence-electron chi connectivity index (χ2n) is 5.14. The molecule has 0 radical (unpaired) electrons. The summed E-state index contributed by atoms with van der Waals surface area (Å²) in [4.78, 5) is 55.9. The minimum atomic E-state index is -1.21. The monoisotopic (exact) mass is 380 g/mol. The lowest BCUT2D eigenvalue weighted by molar-refractivity contribution is -0.137. The summed E-state index contributed by atoms with van der Waals surface area (Å²) in [6, 6.07) is 8.98. The van der Waals surface area contributed by atoms with Crippen LogP contribution in [0.3, 0.4) is 0 Å². The Morgan fingerprint density at radius 3 is 1.74 bits per heavy atom. The van der Waals surface area contributed by atoms with E-state index in [-0.39, 0.29) is 13.2 Å². The second-order valence-corrected chi connectivity index (χ2v) is 5.14. The number of aliphatic carboxylic acids is 1. The molecule has 11 heteroatoms. The van der Waals surface area contributed by atoms with Crippen molar-refractivity contribution in [2.45, 2.75) is 6.61 Å². The fourth-order valence-electron chi connectivity index (χ4n) is 1.65. The lowest BCUT2D eigenvalue weighted by atomic mass is 10.2. The van der Waals surface area contributed by atoms with E-state index >= 15 is 0 Å². The number of ether oxygens (including phenoxy) is 1. The number of carbonyl (C=O) groups excluding carboxylic acids is 4. The van der Waals surface area contributed by atoms with Crippen molar-refractivity contribution in [1.82, 2.24) is 21.3 Å². The zero-order valence-corrected chi connectivity index (χ0v) is 14.3. The van der Waals surface area contributed by atoms with Gasteiger partial charge in [-0.05, 0) is 5.56 Å². The molecule has 0 bridgehead atoms. The molecule has 0 fully saturated rings. The van der Waals surface area contributed by atoms with Gasteiger partial charge in [0.1, 0.15) is 19.7 Å². The van der Waals surface area contributed by atoms with Gasteiger partial charge in [0.25, 0.3) is 0 Å². The fourth-order valence-corrected chi connectivity index (χ4v) is 1.65. The van der Waals surface area contributed by atoms with Crippen molar-refractivity contribution in [3.05, 3.63) is 35.9 Å². The largest absolute Gasteiger partial charge is 0.480 e. The van der Waals surface area contributed by atoms with Crippen LogP contribution in [0.4, 0.5) is 4.79 Å². The molecule has 0 atom stereocenters. The van der Waals surface area contributed by atoms with Crippen LogP contribution in [-0.4, -0.2) is 61.1 Å². The molecule has 0 saturated carbocycles. The van der Waals surface area contributed by atoms with Crippen LogP contribution >= 0.6 is 0 Å². The zero-order chi connectivity index (χ0) is 20.1. The molecule has 27 heavy (non-hydrogen) atoms. The summed E-state index contributed by atoms with van der Waals surface area (Å²) in [7, 11) is 0. The van der Waals surface area contributed by atoms with Crippen molar-refractivity contribution < 1.29 is 33.8 Å². The van der Waals surface area contributed by atoms with E-state index in [9.17, 15) is 24.0 Å². The van der Waals surface area contributed by atoms with Gasteiger partial charge in [0, 0.05) is 0 Å². The van der Waals surface area contributed by atoms with Crippen molar-refractivity contribution in [3.63, 3.8) is 0 Å². The van der Waals surface area contributed by atoms with Gasteiger partial charge >= 0.3 is 12.1 Å². The van der Waals surface area contributed by atoms with E-state index in [0.717, 1.165) is 5.56 Å². The van der Waals surface area contributed by atoms with E-state index in [1.54, 1.807) is 24.3 Å². The first kappa shape index (κ1) is 21.4. The van der Waals surface area contributed by atoms with Gasteiger partial charge in [0.2, 0.25) is 17.7 Å². The molecule has 0 aliphatic rings. The standard InChI is InChI=1S/C16H20N4O7/c21-12(17-7-13(22)19-9-15(24)25)6-18-14(23)8-20-16(26)27-10-11-4-2-1-3-5-11/h1-5H,6-10H2,(H,17,21)(H,18,23)(H,19,22)(H,20,26)(H,24,25). The molecule has 11 nitrogen and oxygen atoms in total. The van der Waals surface area contributed by atoms with Crippen molar-refractivity contribution in [2.24, 2.45) is 0 Å². The van der Waals surface area contributed by atoms with Crippen molar-refractivity contribution in [2.75, 3.05) is 26.2 Å². The maximum atomic E-state index is 11.5. The Morgan fingerprint density at radius 1 is 0.741 bits per heavy atom. The summed E-state index contributed by atoms with van der Waals surface area (Å²) in [5.41, 5.74) is 0.793. The molecule has 0 spiro atoms. The van der Waals surface area contributed by atoms with Crippen LogP contribution in [-0.2, 0) is 30.5 Å². The van der Waals surface area contributed by atoms with E-state index in [0.29, 0.717) is 0 Å². The number of nitrogens with one attached hydrogen (secondary N) is 4. The van der Waals surface area contributed by atoms with Crippen LogP contribution in [0.5, 0.6) is 0 Å². The van der Waals surface area contributed by atoms with Crippen molar-refractivity contribution >= 4 is 29.8 Å². The van der Waals surface area contributed by atoms with E-state index in [2.05, 4.69) is 21.3 Å². The third-order valence-corrected chi connectivity index (χ3v) is 2.94. The Bertz CT molecular complexity index is 679. The molecule has 0 aliphatic heterocycles. The number of rotatable bonds is 10. The van der Waals surface area contributed by atoms with E-state index < -0.39 is 49.4 Å². The quantitative estimate of drug-likeness (QED) is 0.324. The first-order valence-corrected chi connectivity index (χ1v) is 7.83. The minimum absolute atomic E-state index is 0.0562. The number of alkyl carbamates (subject to hydrolysis) is 1. The van der Waals surface area contributed by atoms with Gasteiger partial charge in [-0.3, -0.25) is 19.2 Å². The molecule has 1 aromatic rings. The van der Waals surface area contributed by atoms with Gasteiger partial charge in [-0.25, -0.2) is 4.79 Å². The lowest BCUT2D eigenvalue weighted by Crippen LogP contribution is -2.44. The first-order chi connectivity index (χ1) is 12.9. The summed E-state index contributed by atoms with van der Waals surface area (Å²) in [5.74, 6) is -3.17.